The van der Waals surface area contributed by atoms with Crippen molar-refractivity contribution in [2.45, 2.75) is 32.6 Å². The number of benzene rings is 2. The monoisotopic (exact) mass is 341 g/mol. The van der Waals surface area contributed by atoms with Gasteiger partial charge in [-0.1, -0.05) is 38.1 Å². The van der Waals surface area contributed by atoms with Crippen LogP contribution in [0.1, 0.15) is 37.3 Å². The van der Waals surface area contributed by atoms with Crippen molar-refractivity contribution in [3.05, 3.63) is 59.7 Å². The van der Waals surface area contributed by atoms with E-state index in [1.54, 1.807) is 12.1 Å². The molecule has 0 unspecified atom stereocenters. The highest BCUT2D eigenvalue weighted by Gasteiger charge is 2.09. The van der Waals surface area contributed by atoms with Gasteiger partial charge in [-0.05, 0) is 47.7 Å². The number of rotatable bonds is 7. The van der Waals surface area contributed by atoms with Crippen LogP contribution in [0.2, 0.25) is 0 Å². The van der Waals surface area contributed by atoms with E-state index in [1.807, 2.05) is 24.3 Å². The summed E-state index contributed by atoms with van der Waals surface area (Å²) in [7, 11) is 0. The Labute approximate surface area is 147 Å². The van der Waals surface area contributed by atoms with E-state index in [0.29, 0.717) is 17.2 Å². The van der Waals surface area contributed by atoms with Gasteiger partial charge in [0.25, 0.3) is 5.91 Å². The highest BCUT2D eigenvalue weighted by Crippen LogP contribution is 2.20. The molecule has 0 aliphatic rings. The number of amides is 1. The summed E-state index contributed by atoms with van der Waals surface area (Å²) in [5.41, 5.74) is 2.61. The van der Waals surface area contributed by atoms with Crippen molar-refractivity contribution in [1.82, 2.24) is 0 Å². The third-order valence-electron chi connectivity index (χ3n) is 4.02. The molecule has 0 saturated heterocycles. The van der Waals surface area contributed by atoms with Gasteiger partial charge in [-0.3, -0.25) is 9.59 Å². The van der Waals surface area contributed by atoms with Gasteiger partial charge in [0.2, 0.25) is 0 Å². The summed E-state index contributed by atoms with van der Waals surface area (Å²) in [4.78, 5) is 23.6. The zero-order valence-corrected chi connectivity index (χ0v) is 14.5. The summed E-state index contributed by atoms with van der Waals surface area (Å²) in [5, 5.41) is 11.9. The molecule has 0 aliphatic heterocycles. The summed E-state index contributed by atoms with van der Waals surface area (Å²) in [6.45, 7) is 3.96. The smallest absolute Gasteiger partial charge is 0.310 e. The first-order valence-corrected chi connectivity index (χ1v) is 8.31. The molecule has 0 bridgehead atoms. The Morgan fingerprint density at radius 3 is 2.32 bits per heavy atom. The fourth-order valence-electron chi connectivity index (χ4n) is 2.31. The third-order valence-corrected chi connectivity index (χ3v) is 4.02. The van der Waals surface area contributed by atoms with Gasteiger partial charge in [0, 0.05) is 5.69 Å². The molecule has 2 rings (SSSR count). The first-order chi connectivity index (χ1) is 12.0. The maximum Gasteiger partial charge on any atom is 0.310 e. The van der Waals surface area contributed by atoms with Gasteiger partial charge < -0.3 is 15.2 Å². The topological polar surface area (TPSA) is 75.6 Å². The van der Waals surface area contributed by atoms with Gasteiger partial charge >= 0.3 is 5.97 Å². The summed E-state index contributed by atoms with van der Waals surface area (Å²) in [6, 6.07) is 13.9. The summed E-state index contributed by atoms with van der Waals surface area (Å²) in [6.07, 6.45) is 1.11. The van der Waals surface area contributed by atoms with E-state index >= 15 is 0 Å². The molecule has 0 aliphatic carbocycles. The number of anilines is 1. The van der Waals surface area contributed by atoms with Crippen molar-refractivity contribution in [1.29, 1.82) is 0 Å². The van der Waals surface area contributed by atoms with Crippen LogP contribution in [0.15, 0.2) is 48.5 Å². The number of carbonyl (C=O) groups is 2. The Bertz CT molecular complexity index is 707. The zero-order valence-electron chi connectivity index (χ0n) is 14.5. The third kappa shape index (κ3) is 5.95. The average Bonchev–Trinajstić information content (AvgIpc) is 2.62. The van der Waals surface area contributed by atoms with Crippen molar-refractivity contribution in [3.63, 3.8) is 0 Å². The largest absolute Gasteiger partial charge is 0.508 e. The number of hydrogen-bond donors (Lipinski definition) is 2. The van der Waals surface area contributed by atoms with Gasteiger partial charge in [0.05, 0.1) is 6.42 Å². The molecular weight excluding hydrogens is 318 g/mol. The number of phenolic OH excluding ortho intramolecular Hbond substituents is 1. The van der Waals surface area contributed by atoms with Gasteiger partial charge in [-0.25, -0.2) is 0 Å². The fraction of sp³-hybridized carbons (Fsp3) is 0.300. The van der Waals surface area contributed by atoms with E-state index in [4.69, 9.17) is 4.74 Å². The van der Waals surface area contributed by atoms with Crippen LogP contribution in [0.5, 0.6) is 5.75 Å². The molecule has 0 spiro atoms. The molecule has 5 heteroatoms. The molecule has 2 aromatic rings. The standard InChI is InChI=1S/C20H23NO4/c1-3-14(2)16-6-8-17(9-7-16)21-19(23)13-25-20(24)12-15-4-10-18(22)11-5-15/h4-11,14,22H,3,12-13H2,1-2H3,(H,21,23)/t14-/m1/s1. The maximum absolute atomic E-state index is 11.9. The van der Waals surface area contributed by atoms with Crippen LogP contribution in [0, 0.1) is 0 Å². The number of ether oxygens (including phenoxy) is 1. The normalized spacial score (nSPS) is 11.6. The molecule has 2 aromatic carbocycles. The molecular formula is C20H23NO4. The van der Waals surface area contributed by atoms with Crippen LogP contribution in [0.4, 0.5) is 5.69 Å². The van der Waals surface area contributed by atoms with Crippen molar-refractivity contribution in [2.75, 3.05) is 11.9 Å². The molecule has 132 valence electrons. The molecule has 0 fully saturated rings. The van der Waals surface area contributed by atoms with Gasteiger partial charge in [-0.15, -0.1) is 0 Å². The van der Waals surface area contributed by atoms with Crippen LogP contribution in [-0.4, -0.2) is 23.6 Å². The van der Waals surface area contributed by atoms with E-state index in [9.17, 15) is 14.7 Å². The first kappa shape index (κ1) is 18.5. The lowest BCUT2D eigenvalue weighted by molar-refractivity contribution is -0.146. The van der Waals surface area contributed by atoms with Crippen LogP contribution in [0.3, 0.4) is 0 Å². The second-order valence-corrected chi connectivity index (χ2v) is 5.98. The van der Waals surface area contributed by atoms with E-state index in [1.165, 1.54) is 17.7 Å². The van der Waals surface area contributed by atoms with Crippen molar-refractivity contribution in [3.8, 4) is 5.75 Å². The predicted molar refractivity (Wildman–Crippen MR) is 96.5 cm³/mol. The second-order valence-electron chi connectivity index (χ2n) is 5.98. The number of aromatic hydroxyl groups is 1. The maximum atomic E-state index is 11.9. The Kier molecular flexibility index (Phi) is 6.57. The molecule has 2 N–H and O–H groups in total. The van der Waals surface area contributed by atoms with Crippen LogP contribution >= 0.6 is 0 Å². The molecule has 1 atom stereocenters. The minimum absolute atomic E-state index is 0.0527. The Morgan fingerprint density at radius 2 is 1.72 bits per heavy atom. The molecule has 25 heavy (non-hydrogen) atoms. The lowest BCUT2D eigenvalue weighted by atomic mass is 9.99. The van der Waals surface area contributed by atoms with Gasteiger partial charge in [0.15, 0.2) is 6.61 Å². The lowest BCUT2D eigenvalue weighted by Crippen LogP contribution is -2.21. The average molecular weight is 341 g/mol. The molecule has 0 radical (unpaired) electrons. The second kappa shape index (κ2) is 8.87. The zero-order chi connectivity index (χ0) is 18.2. The van der Waals surface area contributed by atoms with Crippen LogP contribution in [0.25, 0.3) is 0 Å². The Hall–Kier alpha value is -2.82. The summed E-state index contributed by atoms with van der Waals surface area (Å²) < 4.78 is 4.98. The Morgan fingerprint density at radius 1 is 1.08 bits per heavy atom. The minimum atomic E-state index is -0.493. The van der Waals surface area contributed by atoms with E-state index < -0.39 is 5.97 Å². The minimum Gasteiger partial charge on any atom is -0.508 e. The SMILES string of the molecule is CC[C@@H](C)c1ccc(NC(=O)COC(=O)Cc2ccc(O)cc2)cc1. The first-order valence-electron chi connectivity index (χ1n) is 8.31. The molecule has 5 nitrogen and oxygen atoms in total. The van der Waals surface area contributed by atoms with Crippen LogP contribution < -0.4 is 5.32 Å². The van der Waals surface area contributed by atoms with Crippen LogP contribution in [-0.2, 0) is 20.7 Å². The van der Waals surface area contributed by atoms with Crippen molar-refractivity contribution >= 4 is 17.6 Å². The fourth-order valence-corrected chi connectivity index (χ4v) is 2.31. The number of phenols is 1. The number of carbonyl (C=O) groups excluding carboxylic acids is 2. The van der Waals surface area contributed by atoms with E-state index in [0.717, 1.165) is 6.42 Å². The van der Waals surface area contributed by atoms with Crippen molar-refractivity contribution in [2.24, 2.45) is 0 Å². The molecule has 0 heterocycles. The number of esters is 1. The highest BCUT2D eigenvalue weighted by molar-refractivity contribution is 5.92. The highest BCUT2D eigenvalue weighted by atomic mass is 16.5. The number of nitrogens with one attached hydrogen (secondary N) is 1. The van der Waals surface area contributed by atoms with Gasteiger partial charge in [0.1, 0.15) is 5.75 Å². The Balaban J connectivity index is 1.78. The van der Waals surface area contributed by atoms with Crippen molar-refractivity contribution < 1.29 is 19.4 Å². The number of hydrogen-bond acceptors (Lipinski definition) is 4. The summed E-state index contributed by atoms with van der Waals surface area (Å²) in [5.74, 6) is -0.259. The van der Waals surface area contributed by atoms with E-state index in [2.05, 4.69) is 19.2 Å². The van der Waals surface area contributed by atoms with Gasteiger partial charge in [-0.2, -0.15) is 0 Å². The molecule has 0 aromatic heterocycles. The summed E-state index contributed by atoms with van der Waals surface area (Å²) >= 11 is 0. The predicted octanol–water partition coefficient (Wildman–Crippen LogP) is 3.63. The molecule has 0 saturated carbocycles. The lowest BCUT2D eigenvalue weighted by Gasteiger charge is -2.10. The molecule has 1 amide bonds. The van der Waals surface area contributed by atoms with E-state index in [-0.39, 0.29) is 24.7 Å². The quantitative estimate of drug-likeness (QED) is 0.754.